The van der Waals surface area contributed by atoms with E-state index in [1.165, 1.54) is 28.6 Å². The van der Waals surface area contributed by atoms with Crippen LogP contribution in [0.2, 0.25) is 15.1 Å². The lowest BCUT2D eigenvalue weighted by Gasteiger charge is -2.26. The van der Waals surface area contributed by atoms with Crippen molar-refractivity contribution < 1.29 is 17.9 Å². The third-order valence-electron chi connectivity index (χ3n) is 3.96. The number of ether oxygens (including phenoxy) is 1. The third kappa shape index (κ3) is 4.56. The first-order valence-electron chi connectivity index (χ1n) is 7.93. The molecule has 1 fully saturated rings. The molecule has 0 aromatic heterocycles. The maximum Gasteiger partial charge on any atom is 0.255 e. The molecule has 0 saturated carbocycles. The van der Waals surface area contributed by atoms with Gasteiger partial charge in [0.05, 0.1) is 28.9 Å². The van der Waals surface area contributed by atoms with Crippen LogP contribution in [0.5, 0.6) is 0 Å². The number of benzene rings is 2. The zero-order chi connectivity index (χ0) is 19.6. The maximum atomic E-state index is 12.9. The highest BCUT2D eigenvalue weighted by Gasteiger charge is 2.29. The van der Waals surface area contributed by atoms with Crippen LogP contribution in [0, 0.1) is 0 Å². The molecule has 27 heavy (non-hydrogen) atoms. The quantitative estimate of drug-likeness (QED) is 0.767. The van der Waals surface area contributed by atoms with Gasteiger partial charge in [-0.05, 0) is 36.4 Å². The van der Waals surface area contributed by atoms with Crippen LogP contribution in [-0.4, -0.2) is 44.9 Å². The van der Waals surface area contributed by atoms with Gasteiger partial charge in [-0.2, -0.15) is 4.31 Å². The Kier molecular flexibility index (Phi) is 6.30. The summed E-state index contributed by atoms with van der Waals surface area (Å²) in [5.74, 6) is -0.519. The van der Waals surface area contributed by atoms with Crippen molar-refractivity contribution in [1.82, 2.24) is 4.31 Å². The summed E-state index contributed by atoms with van der Waals surface area (Å²) in [6, 6.07) is 8.72. The molecule has 0 atom stereocenters. The topological polar surface area (TPSA) is 75.7 Å². The molecule has 144 valence electrons. The highest BCUT2D eigenvalue weighted by molar-refractivity contribution is 7.89. The van der Waals surface area contributed by atoms with Gasteiger partial charge in [0.1, 0.15) is 4.90 Å². The second-order valence-corrected chi connectivity index (χ2v) is 8.90. The van der Waals surface area contributed by atoms with Crippen molar-refractivity contribution in [2.75, 3.05) is 31.6 Å². The zero-order valence-electron chi connectivity index (χ0n) is 13.9. The molecule has 0 unspecified atom stereocenters. The summed E-state index contributed by atoms with van der Waals surface area (Å²) >= 11 is 18.0. The summed E-state index contributed by atoms with van der Waals surface area (Å²) < 4.78 is 32.2. The van der Waals surface area contributed by atoms with E-state index in [-0.39, 0.29) is 33.6 Å². The lowest BCUT2D eigenvalue weighted by Crippen LogP contribution is -2.40. The van der Waals surface area contributed by atoms with Crippen LogP contribution in [0.4, 0.5) is 5.69 Å². The average molecular weight is 450 g/mol. The number of morpholine rings is 1. The van der Waals surface area contributed by atoms with Crippen molar-refractivity contribution in [2.24, 2.45) is 0 Å². The Morgan fingerprint density at radius 3 is 2.37 bits per heavy atom. The summed E-state index contributed by atoms with van der Waals surface area (Å²) in [5, 5.41) is 3.38. The number of nitrogens with one attached hydrogen (secondary N) is 1. The number of amides is 1. The fourth-order valence-corrected chi connectivity index (χ4v) is 4.92. The molecular formula is C17H15Cl3N2O4S. The highest BCUT2D eigenvalue weighted by Crippen LogP contribution is 2.28. The molecule has 0 spiro atoms. The van der Waals surface area contributed by atoms with Crippen molar-refractivity contribution in [3.05, 3.63) is 57.0 Å². The standard InChI is InChI=1S/C17H15Cl3N2O4S/c18-12-2-4-15(14(20)10-12)21-17(23)11-1-3-13(19)16(9-11)27(24,25)22-5-7-26-8-6-22/h1-4,9-10H,5-8H2,(H,21,23). The van der Waals surface area contributed by atoms with Gasteiger partial charge in [-0.1, -0.05) is 34.8 Å². The normalized spacial score (nSPS) is 15.5. The van der Waals surface area contributed by atoms with Crippen LogP contribution in [0.1, 0.15) is 10.4 Å². The average Bonchev–Trinajstić information content (AvgIpc) is 2.65. The molecule has 0 radical (unpaired) electrons. The van der Waals surface area contributed by atoms with E-state index in [0.29, 0.717) is 23.9 Å². The Morgan fingerprint density at radius 2 is 1.70 bits per heavy atom. The van der Waals surface area contributed by atoms with Gasteiger partial charge in [-0.15, -0.1) is 0 Å². The van der Waals surface area contributed by atoms with Crippen molar-refractivity contribution in [2.45, 2.75) is 4.90 Å². The highest BCUT2D eigenvalue weighted by atomic mass is 35.5. The minimum absolute atomic E-state index is 0.0440. The molecule has 2 aromatic carbocycles. The second kappa shape index (κ2) is 8.34. The van der Waals surface area contributed by atoms with Crippen molar-refractivity contribution in [1.29, 1.82) is 0 Å². The van der Waals surface area contributed by atoms with Gasteiger partial charge < -0.3 is 10.1 Å². The van der Waals surface area contributed by atoms with Crippen LogP contribution in [-0.2, 0) is 14.8 Å². The van der Waals surface area contributed by atoms with Gasteiger partial charge in [0.15, 0.2) is 0 Å². The number of carbonyl (C=O) groups excluding carboxylic acids is 1. The van der Waals surface area contributed by atoms with Crippen LogP contribution < -0.4 is 5.32 Å². The molecule has 2 aromatic rings. The number of halogens is 3. The minimum atomic E-state index is -3.84. The first kappa shape index (κ1) is 20.4. The van der Waals surface area contributed by atoms with Crippen LogP contribution in [0.25, 0.3) is 0 Å². The summed E-state index contributed by atoms with van der Waals surface area (Å²) in [6.45, 7) is 1.09. The molecule has 1 saturated heterocycles. The van der Waals surface area contributed by atoms with Crippen LogP contribution >= 0.6 is 34.8 Å². The Bertz CT molecular complexity index is 976. The first-order valence-corrected chi connectivity index (χ1v) is 10.5. The molecular weight excluding hydrogens is 435 g/mol. The predicted molar refractivity (Wildman–Crippen MR) is 105 cm³/mol. The summed E-state index contributed by atoms with van der Waals surface area (Å²) in [6.07, 6.45) is 0. The van der Waals surface area contributed by atoms with E-state index >= 15 is 0 Å². The van der Waals surface area contributed by atoms with E-state index in [1.54, 1.807) is 12.1 Å². The summed E-state index contributed by atoms with van der Waals surface area (Å²) in [7, 11) is -3.84. The maximum absolute atomic E-state index is 12.9. The Morgan fingerprint density at radius 1 is 1.00 bits per heavy atom. The number of hydrogen-bond donors (Lipinski definition) is 1. The number of anilines is 1. The predicted octanol–water partition coefficient (Wildman–Crippen LogP) is 3.92. The van der Waals surface area contributed by atoms with Gasteiger partial charge in [0, 0.05) is 23.7 Å². The van der Waals surface area contributed by atoms with Crippen molar-refractivity contribution in [3.8, 4) is 0 Å². The summed E-state index contributed by atoms with van der Waals surface area (Å²) in [4.78, 5) is 12.4. The Balaban J connectivity index is 1.89. The molecule has 10 heteroatoms. The molecule has 3 rings (SSSR count). The molecule has 1 aliphatic heterocycles. The van der Waals surface area contributed by atoms with E-state index < -0.39 is 15.9 Å². The van der Waals surface area contributed by atoms with E-state index in [1.807, 2.05) is 0 Å². The third-order valence-corrected chi connectivity index (χ3v) is 6.89. The van der Waals surface area contributed by atoms with E-state index in [2.05, 4.69) is 5.32 Å². The fourth-order valence-electron chi connectivity index (χ4n) is 2.55. The Hall–Kier alpha value is -1.35. The molecule has 1 aliphatic rings. The Labute approximate surface area is 172 Å². The number of sulfonamides is 1. The van der Waals surface area contributed by atoms with Gasteiger partial charge in [-0.25, -0.2) is 8.42 Å². The summed E-state index contributed by atoms with van der Waals surface area (Å²) in [5.41, 5.74) is 0.496. The van der Waals surface area contributed by atoms with E-state index in [4.69, 9.17) is 39.5 Å². The fraction of sp³-hybridized carbons (Fsp3) is 0.235. The SMILES string of the molecule is O=C(Nc1ccc(Cl)cc1Cl)c1ccc(Cl)c(S(=O)(=O)N2CCOCC2)c1. The number of nitrogens with zero attached hydrogens (tertiary/aromatic N) is 1. The minimum Gasteiger partial charge on any atom is -0.379 e. The van der Waals surface area contributed by atoms with Crippen LogP contribution in [0.15, 0.2) is 41.3 Å². The number of carbonyl (C=O) groups is 1. The molecule has 0 bridgehead atoms. The van der Waals surface area contributed by atoms with E-state index in [0.717, 1.165) is 0 Å². The largest absolute Gasteiger partial charge is 0.379 e. The zero-order valence-corrected chi connectivity index (χ0v) is 17.0. The first-order chi connectivity index (χ1) is 12.8. The number of hydrogen-bond acceptors (Lipinski definition) is 4. The van der Waals surface area contributed by atoms with Gasteiger partial charge in [0.25, 0.3) is 5.91 Å². The van der Waals surface area contributed by atoms with Crippen LogP contribution in [0.3, 0.4) is 0 Å². The van der Waals surface area contributed by atoms with Gasteiger partial charge >= 0.3 is 0 Å². The molecule has 1 heterocycles. The second-order valence-electron chi connectivity index (χ2n) is 5.74. The lowest BCUT2D eigenvalue weighted by atomic mass is 10.2. The molecule has 0 aliphatic carbocycles. The number of rotatable bonds is 4. The smallest absolute Gasteiger partial charge is 0.255 e. The molecule has 6 nitrogen and oxygen atoms in total. The van der Waals surface area contributed by atoms with Crippen molar-refractivity contribution in [3.63, 3.8) is 0 Å². The molecule has 1 amide bonds. The van der Waals surface area contributed by atoms with Gasteiger partial charge in [-0.3, -0.25) is 4.79 Å². The van der Waals surface area contributed by atoms with Gasteiger partial charge in [0.2, 0.25) is 10.0 Å². The van der Waals surface area contributed by atoms with E-state index in [9.17, 15) is 13.2 Å². The lowest BCUT2D eigenvalue weighted by molar-refractivity contribution is 0.0730. The molecule has 1 N–H and O–H groups in total. The van der Waals surface area contributed by atoms with Crippen molar-refractivity contribution >= 4 is 56.4 Å². The monoisotopic (exact) mass is 448 g/mol.